The van der Waals surface area contributed by atoms with E-state index in [1.807, 2.05) is 30.3 Å². The van der Waals surface area contributed by atoms with Crippen molar-refractivity contribution in [3.63, 3.8) is 0 Å². The predicted molar refractivity (Wildman–Crippen MR) is 81.0 cm³/mol. The molecular formula is C15H15BrClN. The molecule has 1 unspecified atom stereocenters. The van der Waals surface area contributed by atoms with Crippen molar-refractivity contribution >= 4 is 27.5 Å². The van der Waals surface area contributed by atoms with E-state index in [1.165, 1.54) is 11.1 Å². The highest BCUT2D eigenvalue weighted by atomic mass is 79.9. The smallest absolute Gasteiger partial charge is 0.0406 e. The second-order valence-electron chi connectivity index (χ2n) is 4.46. The second kappa shape index (κ2) is 5.87. The van der Waals surface area contributed by atoms with Crippen LogP contribution in [0.25, 0.3) is 0 Å². The van der Waals surface area contributed by atoms with Crippen molar-refractivity contribution in [2.75, 3.05) is 0 Å². The third kappa shape index (κ3) is 3.35. The number of hydrogen-bond acceptors (Lipinski definition) is 1. The van der Waals surface area contributed by atoms with Gasteiger partial charge in [0.1, 0.15) is 0 Å². The Hall–Kier alpha value is -0.830. The SMILES string of the molecule is Cc1ccc(Br)c(C(N)Cc2ccc(Cl)cc2)c1. The molecule has 0 spiro atoms. The number of benzene rings is 2. The molecular weight excluding hydrogens is 310 g/mol. The summed E-state index contributed by atoms with van der Waals surface area (Å²) in [6, 6.07) is 14.1. The van der Waals surface area contributed by atoms with E-state index in [4.69, 9.17) is 17.3 Å². The lowest BCUT2D eigenvalue weighted by Crippen LogP contribution is -2.14. The number of nitrogens with two attached hydrogens (primary N) is 1. The third-order valence-corrected chi connectivity index (χ3v) is 3.89. The van der Waals surface area contributed by atoms with Crippen LogP contribution in [0, 0.1) is 6.92 Å². The lowest BCUT2D eigenvalue weighted by molar-refractivity contribution is 0.717. The summed E-state index contributed by atoms with van der Waals surface area (Å²) in [4.78, 5) is 0. The van der Waals surface area contributed by atoms with Crippen molar-refractivity contribution in [1.82, 2.24) is 0 Å². The Kier molecular flexibility index (Phi) is 4.44. The fraction of sp³-hybridized carbons (Fsp3) is 0.200. The molecule has 0 radical (unpaired) electrons. The zero-order valence-corrected chi connectivity index (χ0v) is 12.5. The summed E-state index contributed by atoms with van der Waals surface area (Å²) >= 11 is 9.43. The summed E-state index contributed by atoms with van der Waals surface area (Å²) in [7, 11) is 0. The monoisotopic (exact) mass is 323 g/mol. The minimum atomic E-state index is -0.0135. The molecule has 2 aromatic carbocycles. The van der Waals surface area contributed by atoms with Gasteiger partial charge in [-0.2, -0.15) is 0 Å². The topological polar surface area (TPSA) is 26.0 Å². The maximum absolute atomic E-state index is 6.27. The molecule has 0 saturated heterocycles. The van der Waals surface area contributed by atoms with Crippen LogP contribution in [0.15, 0.2) is 46.9 Å². The molecule has 2 aromatic rings. The molecule has 1 atom stereocenters. The lowest BCUT2D eigenvalue weighted by atomic mass is 9.98. The molecule has 0 aliphatic rings. The molecule has 0 aromatic heterocycles. The normalized spacial score (nSPS) is 12.4. The second-order valence-corrected chi connectivity index (χ2v) is 5.75. The highest BCUT2D eigenvalue weighted by Crippen LogP contribution is 2.26. The van der Waals surface area contributed by atoms with Crippen LogP contribution < -0.4 is 5.73 Å². The summed E-state index contributed by atoms with van der Waals surface area (Å²) in [5.74, 6) is 0. The maximum Gasteiger partial charge on any atom is 0.0406 e. The Morgan fingerprint density at radius 1 is 1.17 bits per heavy atom. The molecule has 2 rings (SSSR count). The van der Waals surface area contributed by atoms with Crippen molar-refractivity contribution in [1.29, 1.82) is 0 Å². The van der Waals surface area contributed by atoms with Crippen LogP contribution in [0.1, 0.15) is 22.7 Å². The first-order chi connectivity index (χ1) is 8.56. The molecule has 1 nitrogen and oxygen atoms in total. The molecule has 3 heteroatoms. The number of aryl methyl sites for hydroxylation is 1. The van der Waals surface area contributed by atoms with Gasteiger partial charge in [0.2, 0.25) is 0 Å². The molecule has 0 fully saturated rings. The van der Waals surface area contributed by atoms with Crippen molar-refractivity contribution in [3.8, 4) is 0 Å². The zero-order chi connectivity index (χ0) is 13.1. The van der Waals surface area contributed by atoms with E-state index in [0.29, 0.717) is 0 Å². The summed E-state index contributed by atoms with van der Waals surface area (Å²) in [6.45, 7) is 2.07. The van der Waals surface area contributed by atoms with Gasteiger partial charge in [0, 0.05) is 15.5 Å². The van der Waals surface area contributed by atoms with Gasteiger partial charge in [0.25, 0.3) is 0 Å². The van der Waals surface area contributed by atoms with E-state index in [1.54, 1.807) is 0 Å². The lowest BCUT2D eigenvalue weighted by Gasteiger charge is -2.15. The Bertz CT molecular complexity index is 537. The number of rotatable bonds is 3. The van der Waals surface area contributed by atoms with E-state index in [-0.39, 0.29) is 6.04 Å². The van der Waals surface area contributed by atoms with E-state index >= 15 is 0 Å². The van der Waals surface area contributed by atoms with E-state index < -0.39 is 0 Å². The standard InChI is InChI=1S/C15H15BrClN/c1-10-2-7-14(16)13(8-10)15(18)9-11-3-5-12(17)6-4-11/h2-8,15H,9,18H2,1H3. The van der Waals surface area contributed by atoms with Gasteiger partial charge in [-0.1, -0.05) is 57.4 Å². The fourth-order valence-corrected chi connectivity index (χ4v) is 2.60. The number of halogens is 2. The van der Waals surface area contributed by atoms with Crippen LogP contribution in [0.2, 0.25) is 5.02 Å². The fourth-order valence-electron chi connectivity index (χ4n) is 1.93. The third-order valence-electron chi connectivity index (χ3n) is 2.92. The first-order valence-corrected chi connectivity index (χ1v) is 6.99. The van der Waals surface area contributed by atoms with Gasteiger partial charge in [-0.15, -0.1) is 0 Å². The van der Waals surface area contributed by atoms with Crippen molar-refractivity contribution in [2.24, 2.45) is 5.73 Å². The summed E-state index contributed by atoms with van der Waals surface area (Å²) in [5, 5.41) is 0.754. The van der Waals surface area contributed by atoms with Gasteiger partial charge in [-0.3, -0.25) is 0 Å². The van der Waals surface area contributed by atoms with Crippen LogP contribution >= 0.6 is 27.5 Å². The quantitative estimate of drug-likeness (QED) is 0.873. The molecule has 0 aliphatic carbocycles. The average molecular weight is 325 g/mol. The first kappa shape index (κ1) is 13.6. The van der Waals surface area contributed by atoms with Gasteiger partial charge in [-0.25, -0.2) is 0 Å². The number of hydrogen-bond donors (Lipinski definition) is 1. The molecule has 0 saturated carbocycles. The van der Waals surface area contributed by atoms with Gasteiger partial charge in [-0.05, 0) is 42.7 Å². The summed E-state index contributed by atoms with van der Waals surface area (Å²) in [5.41, 5.74) is 9.83. The van der Waals surface area contributed by atoms with E-state index in [9.17, 15) is 0 Å². The molecule has 2 N–H and O–H groups in total. The highest BCUT2D eigenvalue weighted by Gasteiger charge is 2.10. The van der Waals surface area contributed by atoms with Crippen molar-refractivity contribution < 1.29 is 0 Å². The van der Waals surface area contributed by atoms with E-state index in [2.05, 4.69) is 35.0 Å². The molecule has 0 bridgehead atoms. The van der Waals surface area contributed by atoms with Crippen molar-refractivity contribution in [3.05, 3.63) is 68.7 Å². The Balaban J connectivity index is 2.18. The van der Waals surface area contributed by atoms with Crippen LogP contribution in [-0.4, -0.2) is 0 Å². The molecule has 0 aliphatic heterocycles. The minimum Gasteiger partial charge on any atom is -0.324 e. The largest absolute Gasteiger partial charge is 0.324 e. The predicted octanol–water partition coefficient (Wildman–Crippen LogP) is 4.65. The van der Waals surface area contributed by atoms with Crippen LogP contribution in [0.3, 0.4) is 0 Å². The van der Waals surface area contributed by atoms with Crippen LogP contribution in [0.4, 0.5) is 0 Å². The average Bonchev–Trinajstić information content (AvgIpc) is 2.35. The summed E-state index contributed by atoms with van der Waals surface area (Å²) < 4.78 is 1.06. The summed E-state index contributed by atoms with van der Waals surface area (Å²) in [6.07, 6.45) is 0.805. The van der Waals surface area contributed by atoms with Crippen LogP contribution in [0.5, 0.6) is 0 Å². The molecule has 0 heterocycles. The Morgan fingerprint density at radius 3 is 2.50 bits per heavy atom. The molecule has 94 valence electrons. The molecule has 18 heavy (non-hydrogen) atoms. The zero-order valence-electron chi connectivity index (χ0n) is 10.2. The van der Waals surface area contributed by atoms with Gasteiger partial charge in [0.05, 0.1) is 0 Å². The van der Waals surface area contributed by atoms with Gasteiger partial charge < -0.3 is 5.73 Å². The van der Waals surface area contributed by atoms with Gasteiger partial charge >= 0.3 is 0 Å². The maximum atomic E-state index is 6.27. The van der Waals surface area contributed by atoms with Crippen LogP contribution in [-0.2, 0) is 6.42 Å². The van der Waals surface area contributed by atoms with E-state index in [0.717, 1.165) is 21.5 Å². The van der Waals surface area contributed by atoms with Crippen molar-refractivity contribution in [2.45, 2.75) is 19.4 Å². The van der Waals surface area contributed by atoms with Gasteiger partial charge in [0.15, 0.2) is 0 Å². The Labute approximate surface area is 121 Å². The minimum absolute atomic E-state index is 0.0135. The highest BCUT2D eigenvalue weighted by molar-refractivity contribution is 9.10. The molecule has 0 amide bonds. The Morgan fingerprint density at radius 2 is 1.83 bits per heavy atom. The first-order valence-electron chi connectivity index (χ1n) is 5.82.